The molecule has 0 saturated carbocycles. The fourth-order valence-corrected chi connectivity index (χ4v) is 2.54. The molecule has 2 aromatic rings. The summed E-state index contributed by atoms with van der Waals surface area (Å²) in [6.45, 7) is 0. The summed E-state index contributed by atoms with van der Waals surface area (Å²) in [5, 5.41) is 0. The molecule has 2 N–H and O–H groups in total. The average molecular weight is 388 g/mol. The van der Waals surface area contributed by atoms with Crippen LogP contribution in [0.2, 0.25) is 0 Å². The first-order valence-electron chi connectivity index (χ1n) is 4.95. The van der Waals surface area contributed by atoms with Crippen LogP contribution in [-0.2, 0) is 0 Å². The molecule has 0 unspecified atom stereocenters. The molecular formula is C12H8Br2N2OS. The van der Waals surface area contributed by atoms with Crippen molar-refractivity contribution in [3.8, 4) is 11.6 Å². The van der Waals surface area contributed by atoms with Crippen LogP contribution in [0.3, 0.4) is 0 Å². The zero-order valence-corrected chi connectivity index (χ0v) is 13.0. The molecule has 0 saturated heterocycles. The Morgan fingerprint density at radius 1 is 1.22 bits per heavy atom. The maximum Gasteiger partial charge on any atom is 0.219 e. The van der Waals surface area contributed by atoms with Gasteiger partial charge in [-0.25, -0.2) is 4.98 Å². The van der Waals surface area contributed by atoms with Crippen molar-refractivity contribution in [1.82, 2.24) is 4.98 Å². The Labute approximate surface area is 127 Å². The number of pyridine rings is 1. The van der Waals surface area contributed by atoms with Gasteiger partial charge in [0.1, 0.15) is 10.7 Å². The van der Waals surface area contributed by atoms with Gasteiger partial charge in [0, 0.05) is 22.3 Å². The maximum atomic E-state index is 5.66. The lowest BCUT2D eigenvalue weighted by Gasteiger charge is -2.08. The summed E-state index contributed by atoms with van der Waals surface area (Å²) >= 11 is 11.7. The normalized spacial score (nSPS) is 10.1. The highest BCUT2D eigenvalue weighted by atomic mass is 79.9. The minimum Gasteiger partial charge on any atom is -0.438 e. The van der Waals surface area contributed by atoms with Crippen molar-refractivity contribution in [3.05, 3.63) is 51.0 Å². The van der Waals surface area contributed by atoms with Gasteiger partial charge in [0.2, 0.25) is 5.88 Å². The highest BCUT2D eigenvalue weighted by molar-refractivity contribution is 9.11. The number of nitrogens with zero attached hydrogens (tertiary/aromatic N) is 1. The van der Waals surface area contributed by atoms with Crippen molar-refractivity contribution in [3.63, 3.8) is 0 Å². The highest BCUT2D eigenvalue weighted by Gasteiger charge is 2.06. The van der Waals surface area contributed by atoms with E-state index in [0.29, 0.717) is 16.6 Å². The van der Waals surface area contributed by atoms with Gasteiger partial charge in [-0.3, -0.25) is 0 Å². The Balaban J connectivity index is 2.28. The molecule has 3 nitrogen and oxygen atoms in total. The number of aromatic nitrogens is 1. The zero-order valence-electron chi connectivity index (χ0n) is 9.06. The smallest absolute Gasteiger partial charge is 0.219 e. The molecule has 0 amide bonds. The van der Waals surface area contributed by atoms with E-state index in [0.717, 1.165) is 14.5 Å². The first-order valence-corrected chi connectivity index (χ1v) is 6.94. The summed E-state index contributed by atoms with van der Waals surface area (Å²) in [5.74, 6) is 1.12. The van der Waals surface area contributed by atoms with Gasteiger partial charge in [-0.1, -0.05) is 28.1 Å². The van der Waals surface area contributed by atoms with Crippen LogP contribution in [0.1, 0.15) is 5.56 Å². The number of benzene rings is 1. The average Bonchev–Trinajstić information content (AvgIpc) is 2.33. The number of ether oxygens (including phenoxy) is 1. The third-order valence-electron chi connectivity index (χ3n) is 2.13. The first kappa shape index (κ1) is 13.5. The summed E-state index contributed by atoms with van der Waals surface area (Å²) < 4.78 is 7.46. The van der Waals surface area contributed by atoms with Gasteiger partial charge < -0.3 is 10.5 Å². The molecule has 1 aromatic heterocycles. The number of rotatable bonds is 3. The second kappa shape index (κ2) is 5.77. The number of hydrogen-bond donors (Lipinski definition) is 1. The van der Waals surface area contributed by atoms with Crippen LogP contribution < -0.4 is 10.5 Å². The Kier molecular flexibility index (Phi) is 4.31. The van der Waals surface area contributed by atoms with Gasteiger partial charge in [-0.15, -0.1) is 0 Å². The van der Waals surface area contributed by atoms with Gasteiger partial charge in [-0.05, 0) is 40.2 Å². The summed E-state index contributed by atoms with van der Waals surface area (Å²) in [7, 11) is 0. The summed E-state index contributed by atoms with van der Waals surface area (Å²) in [6.07, 6.45) is 1.61. The minimum absolute atomic E-state index is 0.317. The molecule has 0 bridgehead atoms. The van der Waals surface area contributed by atoms with E-state index in [2.05, 4.69) is 36.8 Å². The lowest BCUT2D eigenvalue weighted by atomic mass is 10.3. The molecule has 92 valence electrons. The van der Waals surface area contributed by atoms with Crippen molar-refractivity contribution in [1.29, 1.82) is 0 Å². The number of hydrogen-bond acceptors (Lipinski definition) is 3. The second-order valence-corrected chi connectivity index (χ2v) is 5.63. The Morgan fingerprint density at radius 2 is 2.00 bits per heavy atom. The minimum atomic E-state index is 0.317. The lowest BCUT2D eigenvalue weighted by molar-refractivity contribution is 0.460. The Bertz CT molecular complexity index is 604. The molecule has 0 aliphatic rings. The van der Waals surface area contributed by atoms with Crippen LogP contribution in [0, 0.1) is 0 Å². The molecule has 1 aromatic carbocycles. The van der Waals surface area contributed by atoms with Crippen molar-refractivity contribution in [2.75, 3.05) is 0 Å². The van der Waals surface area contributed by atoms with Crippen LogP contribution in [-0.4, -0.2) is 9.97 Å². The van der Waals surface area contributed by atoms with E-state index in [1.165, 1.54) is 0 Å². The zero-order chi connectivity index (χ0) is 13.1. The van der Waals surface area contributed by atoms with Crippen LogP contribution in [0.5, 0.6) is 11.6 Å². The second-order valence-electron chi connectivity index (χ2n) is 3.42. The molecular weight excluding hydrogens is 380 g/mol. The lowest BCUT2D eigenvalue weighted by Crippen LogP contribution is -2.09. The van der Waals surface area contributed by atoms with Gasteiger partial charge in [0.15, 0.2) is 0 Å². The fourth-order valence-electron chi connectivity index (χ4n) is 1.29. The topological polar surface area (TPSA) is 48.1 Å². The quantitative estimate of drug-likeness (QED) is 0.807. The SMILES string of the molecule is NC(=S)c1ccnc(Oc2ccc(Br)cc2Br)c1. The summed E-state index contributed by atoms with van der Waals surface area (Å²) in [4.78, 5) is 4.43. The number of halogens is 2. The molecule has 1 heterocycles. The predicted octanol–water partition coefficient (Wildman–Crippen LogP) is 4.03. The van der Waals surface area contributed by atoms with Crippen LogP contribution in [0.25, 0.3) is 0 Å². The largest absolute Gasteiger partial charge is 0.438 e. The van der Waals surface area contributed by atoms with Crippen molar-refractivity contribution >= 4 is 49.1 Å². The van der Waals surface area contributed by atoms with E-state index in [1.54, 1.807) is 18.3 Å². The molecule has 0 atom stereocenters. The van der Waals surface area contributed by atoms with Gasteiger partial charge >= 0.3 is 0 Å². The third kappa shape index (κ3) is 3.28. The summed E-state index contributed by atoms with van der Waals surface area (Å²) in [5.41, 5.74) is 6.28. The molecule has 0 fully saturated rings. The van der Waals surface area contributed by atoms with E-state index in [-0.39, 0.29) is 0 Å². The number of thiocarbonyl (C=S) groups is 1. The van der Waals surface area contributed by atoms with Crippen molar-refractivity contribution < 1.29 is 4.74 Å². The molecule has 2 rings (SSSR count). The molecule has 18 heavy (non-hydrogen) atoms. The number of nitrogens with two attached hydrogens (primary N) is 1. The van der Waals surface area contributed by atoms with E-state index >= 15 is 0 Å². The Hall–Kier alpha value is -0.980. The molecule has 0 spiro atoms. The predicted molar refractivity (Wildman–Crippen MR) is 82.0 cm³/mol. The molecule has 0 radical (unpaired) electrons. The van der Waals surface area contributed by atoms with E-state index < -0.39 is 0 Å². The van der Waals surface area contributed by atoms with Crippen LogP contribution >= 0.6 is 44.1 Å². The van der Waals surface area contributed by atoms with Crippen LogP contribution in [0.4, 0.5) is 0 Å². The molecule has 0 aliphatic carbocycles. The van der Waals surface area contributed by atoms with Gasteiger partial charge in [0.25, 0.3) is 0 Å². The van der Waals surface area contributed by atoms with Gasteiger partial charge in [-0.2, -0.15) is 0 Å². The standard InChI is InChI=1S/C12H8Br2N2OS/c13-8-1-2-10(9(14)6-8)17-11-5-7(12(15)18)3-4-16-11/h1-6H,(H2,15,18). The third-order valence-corrected chi connectivity index (χ3v) is 3.48. The highest BCUT2D eigenvalue weighted by Crippen LogP contribution is 2.31. The van der Waals surface area contributed by atoms with Crippen molar-refractivity contribution in [2.24, 2.45) is 5.73 Å². The van der Waals surface area contributed by atoms with Crippen LogP contribution in [0.15, 0.2) is 45.5 Å². The fraction of sp³-hybridized carbons (Fsp3) is 0. The maximum absolute atomic E-state index is 5.66. The monoisotopic (exact) mass is 386 g/mol. The van der Waals surface area contributed by atoms with Crippen molar-refractivity contribution in [2.45, 2.75) is 0 Å². The van der Waals surface area contributed by atoms with Gasteiger partial charge in [0.05, 0.1) is 4.47 Å². The molecule has 6 heteroatoms. The van der Waals surface area contributed by atoms with E-state index in [1.807, 2.05) is 18.2 Å². The molecule has 0 aliphatic heterocycles. The Morgan fingerprint density at radius 3 is 2.67 bits per heavy atom. The first-order chi connectivity index (χ1) is 8.56. The van der Waals surface area contributed by atoms with E-state index in [4.69, 9.17) is 22.7 Å². The summed E-state index contributed by atoms with van der Waals surface area (Å²) in [6, 6.07) is 9.07. The van der Waals surface area contributed by atoms with E-state index in [9.17, 15) is 0 Å².